The summed E-state index contributed by atoms with van der Waals surface area (Å²) in [4.78, 5) is 17.3. The molecule has 1 aliphatic rings. The van der Waals surface area contributed by atoms with Gasteiger partial charge in [-0.05, 0) is 48.2 Å². The van der Waals surface area contributed by atoms with Crippen molar-refractivity contribution in [2.24, 2.45) is 11.7 Å². The molecule has 1 aliphatic carbocycles. The van der Waals surface area contributed by atoms with Crippen molar-refractivity contribution in [3.05, 3.63) is 53.6 Å². The van der Waals surface area contributed by atoms with Crippen LogP contribution in [0.5, 0.6) is 0 Å². The number of rotatable bonds is 6. The quantitative estimate of drug-likeness (QED) is 0.653. The average molecular weight is 370 g/mol. The predicted octanol–water partition coefficient (Wildman–Crippen LogP) is 3.36. The molecule has 2 heterocycles. The number of benzene rings is 1. The van der Waals surface area contributed by atoms with E-state index >= 15 is 0 Å². The molecular formula is C20H20F2N4O. The number of alkyl halides is 1. The van der Waals surface area contributed by atoms with Crippen LogP contribution in [0.2, 0.25) is 0 Å². The summed E-state index contributed by atoms with van der Waals surface area (Å²) in [7, 11) is 0. The molecule has 27 heavy (non-hydrogen) atoms. The topological polar surface area (TPSA) is 72.4 Å². The molecule has 1 aromatic carbocycles. The van der Waals surface area contributed by atoms with Gasteiger partial charge in [-0.25, -0.2) is 13.8 Å². The Bertz CT molecular complexity index is 1030. The van der Waals surface area contributed by atoms with Crippen LogP contribution in [0, 0.1) is 18.7 Å². The van der Waals surface area contributed by atoms with Gasteiger partial charge in [0, 0.05) is 19.3 Å². The molecule has 0 aliphatic heterocycles. The lowest BCUT2D eigenvalue weighted by atomic mass is 10.0. The van der Waals surface area contributed by atoms with Gasteiger partial charge in [-0.1, -0.05) is 12.1 Å². The molecule has 4 rings (SSSR count). The van der Waals surface area contributed by atoms with Crippen LogP contribution in [-0.2, 0) is 0 Å². The molecule has 3 N–H and O–H groups in total. The SMILES string of the molecule is Cc1c(F)cccc1-c1ccc2nc(NCCN)c(C(=O)[C@@H]3C[C@@H]3F)n2c1. The third-order valence-electron chi connectivity index (χ3n) is 4.92. The minimum Gasteiger partial charge on any atom is -0.367 e. The normalized spacial score (nSPS) is 18.7. The fraction of sp³-hybridized carbons (Fsp3) is 0.300. The first-order valence-electron chi connectivity index (χ1n) is 8.91. The molecule has 5 nitrogen and oxygen atoms in total. The van der Waals surface area contributed by atoms with E-state index in [1.54, 1.807) is 29.7 Å². The van der Waals surface area contributed by atoms with Gasteiger partial charge in [-0.15, -0.1) is 0 Å². The van der Waals surface area contributed by atoms with Crippen LogP contribution in [0.25, 0.3) is 16.8 Å². The van der Waals surface area contributed by atoms with Crippen molar-refractivity contribution >= 4 is 17.2 Å². The van der Waals surface area contributed by atoms with Crippen molar-refractivity contribution in [1.29, 1.82) is 0 Å². The highest BCUT2D eigenvalue weighted by Gasteiger charge is 2.45. The van der Waals surface area contributed by atoms with Gasteiger partial charge in [-0.3, -0.25) is 9.20 Å². The fourth-order valence-electron chi connectivity index (χ4n) is 3.28. The first kappa shape index (κ1) is 17.6. The van der Waals surface area contributed by atoms with E-state index in [9.17, 15) is 13.6 Å². The van der Waals surface area contributed by atoms with Gasteiger partial charge in [0.25, 0.3) is 0 Å². The number of nitrogens with zero attached hydrogens (tertiary/aromatic N) is 2. The number of carbonyl (C=O) groups is 1. The molecule has 2 aromatic heterocycles. The van der Waals surface area contributed by atoms with E-state index in [-0.39, 0.29) is 18.0 Å². The highest BCUT2D eigenvalue weighted by Crippen LogP contribution is 2.38. The summed E-state index contributed by atoms with van der Waals surface area (Å²) in [5.74, 6) is -0.790. The van der Waals surface area contributed by atoms with E-state index in [4.69, 9.17) is 5.73 Å². The van der Waals surface area contributed by atoms with E-state index < -0.39 is 12.1 Å². The van der Waals surface area contributed by atoms with Crippen LogP contribution < -0.4 is 11.1 Å². The Hall–Kier alpha value is -2.80. The van der Waals surface area contributed by atoms with Crippen LogP contribution in [0.1, 0.15) is 22.5 Å². The molecule has 2 atom stereocenters. The number of carbonyl (C=O) groups excluding carboxylic acids is 1. The maximum Gasteiger partial charge on any atom is 0.189 e. The number of anilines is 1. The number of imidazole rings is 1. The standard InChI is InChI=1S/C20H20F2N4O/c1-11-13(3-2-4-15(11)21)12-5-6-17-25-20(24-8-7-23)18(26(17)10-12)19(27)14-9-16(14)22/h2-6,10,14,16,24H,7-9,23H2,1H3/t14-,16+/m1/s1. The molecule has 0 bridgehead atoms. The Morgan fingerprint density at radius 1 is 1.37 bits per heavy atom. The second-order valence-corrected chi connectivity index (χ2v) is 6.81. The molecule has 1 fully saturated rings. The Labute approximate surface area is 155 Å². The second kappa shape index (κ2) is 6.74. The second-order valence-electron chi connectivity index (χ2n) is 6.81. The third kappa shape index (κ3) is 3.08. The molecule has 7 heteroatoms. The lowest BCUT2D eigenvalue weighted by Gasteiger charge is -2.09. The Kier molecular flexibility index (Phi) is 4.39. The number of Topliss-reactive ketones (excluding diaryl/α,β-unsaturated/α-hetero) is 1. The first-order valence-corrected chi connectivity index (χ1v) is 8.91. The smallest absolute Gasteiger partial charge is 0.189 e. The van der Waals surface area contributed by atoms with Gasteiger partial charge < -0.3 is 11.1 Å². The lowest BCUT2D eigenvalue weighted by Crippen LogP contribution is -2.16. The van der Waals surface area contributed by atoms with Gasteiger partial charge in [0.1, 0.15) is 23.3 Å². The molecule has 0 amide bonds. The van der Waals surface area contributed by atoms with Crippen molar-refractivity contribution in [2.45, 2.75) is 19.5 Å². The fourth-order valence-corrected chi connectivity index (χ4v) is 3.28. The molecule has 0 saturated heterocycles. The number of halogens is 2. The number of aromatic nitrogens is 2. The summed E-state index contributed by atoms with van der Waals surface area (Å²) in [6, 6.07) is 8.48. The van der Waals surface area contributed by atoms with Gasteiger partial charge in [0.2, 0.25) is 0 Å². The summed E-state index contributed by atoms with van der Waals surface area (Å²) in [5.41, 5.74) is 8.44. The van der Waals surface area contributed by atoms with Gasteiger partial charge in [-0.2, -0.15) is 0 Å². The Morgan fingerprint density at radius 3 is 2.85 bits per heavy atom. The van der Waals surface area contributed by atoms with E-state index in [0.29, 0.717) is 35.8 Å². The number of nitrogens with two attached hydrogens (primary N) is 1. The van der Waals surface area contributed by atoms with Crippen LogP contribution in [0.4, 0.5) is 14.6 Å². The zero-order valence-electron chi connectivity index (χ0n) is 14.9. The Balaban J connectivity index is 1.86. The van der Waals surface area contributed by atoms with Crippen LogP contribution in [0.15, 0.2) is 36.5 Å². The summed E-state index contributed by atoms with van der Waals surface area (Å²) in [5, 5.41) is 3.05. The number of fused-ring (bicyclic) bond motifs is 1. The highest BCUT2D eigenvalue weighted by molar-refractivity contribution is 6.03. The zero-order valence-corrected chi connectivity index (χ0v) is 14.9. The summed E-state index contributed by atoms with van der Waals surface area (Å²) in [6.45, 7) is 2.54. The van der Waals surface area contributed by atoms with E-state index in [2.05, 4.69) is 10.3 Å². The number of nitrogens with one attached hydrogen (secondary N) is 1. The van der Waals surface area contributed by atoms with Crippen LogP contribution >= 0.6 is 0 Å². The predicted molar refractivity (Wildman–Crippen MR) is 100 cm³/mol. The van der Waals surface area contributed by atoms with Crippen molar-refractivity contribution in [3.8, 4) is 11.1 Å². The summed E-state index contributed by atoms with van der Waals surface area (Å²) >= 11 is 0. The van der Waals surface area contributed by atoms with Crippen molar-refractivity contribution in [3.63, 3.8) is 0 Å². The van der Waals surface area contributed by atoms with Crippen molar-refractivity contribution in [2.75, 3.05) is 18.4 Å². The molecular weight excluding hydrogens is 350 g/mol. The van der Waals surface area contributed by atoms with Gasteiger partial charge in [0.15, 0.2) is 11.6 Å². The van der Waals surface area contributed by atoms with E-state index in [1.165, 1.54) is 6.07 Å². The van der Waals surface area contributed by atoms with Gasteiger partial charge in [0.05, 0.1) is 5.92 Å². The van der Waals surface area contributed by atoms with Crippen LogP contribution in [-0.4, -0.2) is 34.4 Å². The molecule has 3 aromatic rings. The minimum absolute atomic E-state index is 0.241. The largest absolute Gasteiger partial charge is 0.367 e. The monoisotopic (exact) mass is 370 g/mol. The molecule has 0 radical (unpaired) electrons. The minimum atomic E-state index is -1.10. The van der Waals surface area contributed by atoms with Crippen molar-refractivity contribution < 1.29 is 13.6 Å². The van der Waals surface area contributed by atoms with E-state index in [0.717, 1.165) is 11.1 Å². The molecule has 0 spiro atoms. The van der Waals surface area contributed by atoms with Gasteiger partial charge >= 0.3 is 0 Å². The third-order valence-corrected chi connectivity index (χ3v) is 4.92. The highest BCUT2D eigenvalue weighted by atomic mass is 19.1. The van der Waals surface area contributed by atoms with Crippen LogP contribution in [0.3, 0.4) is 0 Å². The lowest BCUT2D eigenvalue weighted by molar-refractivity contribution is 0.0952. The average Bonchev–Trinajstić information content (AvgIpc) is 3.28. The van der Waals surface area contributed by atoms with Crippen molar-refractivity contribution in [1.82, 2.24) is 9.38 Å². The zero-order chi connectivity index (χ0) is 19.1. The number of hydrogen-bond acceptors (Lipinski definition) is 4. The molecule has 1 saturated carbocycles. The summed E-state index contributed by atoms with van der Waals surface area (Å²) in [6.07, 6.45) is 0.894. The first-order chi connectivity index (χ1) is 13.0. The maximum absolute atomic E-state index is 14.0. The van der Waals surface area contributed by atoms with E-state index in [1.807, 2.05) is 12.1 Å². The summed E-state index contributed by atoms with van der Waals surface area (Å²) < 4.78 is 29.1. The maximum atomic E-state index is 14.0. The molecule has 0 unspecified atom stereocenters. The number of ketones is 1. The Morgan fingerprint density at radius 2 is 2.15 bits per heavy atom. The number of hydrogen-bond donors (Lipinski definition) is 2. The number of pyridine rings is 1. The molecule has 140 valence electrons.